The predicted octanol–water partition coefficient (Wildman–Crippen LogP) is 3.72. The summed E-state index contributed by atoms with van der Waals surface area (Å²) >= 11 is 0. The zero-order valence-electron chi connectivity index (χ0n) is 12.1. The molecule has 6 heteroatoms. The van der Waals surface area contributed by atoms with Crippen LogP contribution in [-0.4, -0.2) is 13.4 Å². The van der Waals surface area contributed by atoms with Crippen LogP contribution in [0.1, 0.15) is 11.1 Å². The number of nitrogens with one attached hydrogen (secondary N) is 2. The summed E-state index contributed by atoms with van der Waals surface area (Å²) in [5.41, 5.74) is 2.41. The fraction of sp³-hybridized carbons (Fsp3) is 0.125. The van der Waals surface area contributed by atoms with E-state index in [9.17, 15) is 12.8 Å². The molecule has 114 valence electrons. The molecular weight excluding hydrogens is 303 g/mol. The number of sulfonamides is 1. The largest absolute Gasteiger partial charge is 0.360 e. The average Bonchev–Trinajstić information content (AvgIpc) is 2.85. The van der Waals surface area contributed by atoms with Gasteiger partial charge in [-0.2, -0.15) is 0 Å². The maximum Gasteiger partial charge on any atom is 0.264 e. The molecular formula is C16H15FN2O2S. The predicted molar refractivity (Wildman–Crippen MR) is 85.0 cm³/mol. The van der Waals surface area contributed by atoms with Gasteiger partial charge in [-0.05, 0) is 43.2 Å². The third kappa shape index (κ3) is 2.57. The number of benzene rings is 2. The van der Waals surface area contributed by atoms with E-state index in [0.717, 1.165) is 16.6 Å². The van der Waals surface area contributed by atoms with Gasteiger partial charge in [0.2, 0.25) is 0 Å². The number of halogens is 1. The molecule has 0 bridgehead atoms. The summed E-state index contributed by atoms with van der Waals surface area (Å²) in [5.74, 6) is -0.598. The van der Waals surface area contributed by atoms with Crippen LogP contribution in [0.15, 0.2) is 47.5 Å². The van der Waals surface area contributed by atoms with Gasteiger partial charge in [0, 0.05) is 17.1 Å². The molecule has 0 amide bonds. The van der Waals surface area contributed by atoms with Gasteiger partial charge in [-0.25, -0.2) is 12.8 Å². The van der Waals surface area contributed by atoms with Gasteiger partial charge in [0.25, 0.3) is 10.0 Å². The highest BCUT2D eigenvalue weighted by Crippen LogP contribution is 2.26. The van der Waals surface area contributed by atoms with Crippen LogP contribution in [0, 0.1) is 19.7 Å². The second-order valence-corrected chi connectivity index (χ2v) is 6.94. The van der Waals surface area contributed by atoms with Crippen LogP contribution in [0.2, 0.25) is 0 Å². The van der Waals surface area contributed by atoms with Gasteiger partial charge in [0.1, 0.15) is 10.7 Å². The fourth-order valence-corrected chi connectivity index (χ4v) is 3.59. The van der Waals surface area contributed by atoms with Gasteiger partial charge in [-0.15, -0.1) is 0 Å². The van der Waals surface area contributed by atoms with Gasteiger partial charge in [0.15, 0.2) is 0 Å². The van der Waals surface area contributed by atoms with Crippen LogP contribution < -0.4 is 4.72 Å². The molecule has 0 saturated carbocycles. The van der Waals surface area contributed by atoms with Crippen LogP contribution in [0.5, 0.6) is 0 Å². The Balaban J connectivity index is 2.05. The Morgan fingerprint density at radius 3 is 2.45 bits per heavy atom. The molecule has 4 nitrogen and oxygen atoms in total. The lowest BCUT2D eigenvalue weighted by atomic mass is 10.2. The molecule has 3 rings (SSSR count). The Bertz CT molecular complexity index is 961. The first-order chi connectivity index (χ1) is 10.4. The second kappa shape index (κ2) is 5.14. The molecule has 1 heterocycles. The molecule has 3 aromatic rings. The molecule has 0 radical (unpaired) electrons. The van der Waals surface area contributed by atoms with E-state index in [2.05, 4.69) is 9.71 Å². The Kier molecular flexibility index (Phi) is 3.41. The van der Waals surface area contributed by atoms with Crippen molar-refractivity contribution < 1.29 is 12.8 Å². The summed E-state index contributed by atoms with van der Waals surface area (Å²) in [6.07, 6.45) is 1.42. The number of aryl methyl sites for hydroxylation is 2. The molecule has 0 fully saturated rings. The molecule has 0 saturated heterocycles. The summed E-state index contributed by atoms with van der Waals surface area (Å²) < 4.78 is 41.2. The van der Waals surface area contributed by atoms with E-state index in [1.807, 2.05) is 19.1 Å². The van der Waals surface area contributed by atoms with E-state index >= 15 is 0 Å². The number of aromatic nitrogens is 1. The molecule has 22 heavy (non-hydrogen) atoms. The SMILES string of the molecule is Cc1ccc(NS(=O)(=O)c2c[nH]c3cc(C)ccc23)c(F)c1. The van der Waals surface area contributed by atoms with Gasteiger partial charge in [0.05, 0.1) is 5.69 Å². The highest BCUT2D eigenvalue weighted by Gasteiger charge is 2.20. The Morgan fingerprint density at radius 2 is 1.73 bits per heavy atom. The second-order valence-electron chi connectivity index (χ2n) is 5.29. The maximum atomic E-state index is 13.9. The van der Waals surface area contributed by atoms with Gasteiger partial charge in [-0.3, -0.25) is 4.72 Å². The fourth-order valence-electron chi connectivity index (χ4n) is 2.34. The Morgan fingerprint density at radius 1 is 1.05 bits per heavy atom. The van der Waals surface area contributed by atoms with Crippen LogP contribution in [0.3, 0.4) is 0 Å². The molecule has 0 atom stereocenters. The van der Waals surface area contributed by atoms with Crippen LogP contribution >= 0.6 is 0 Å². The molecule has 2 aromatic carbocycles. The molecule has 0 aliphatic heterocycles. The number of aromatic amines is 1. The van der Waals surface area contributed by atoms with E-state index < -0.39 is 15.8 Å². The summed E-state index contributed by atoms with van der Waals surface area (Å²) in [7, 11) is -3.87. The van der Waals surface area contributed by atoms with E-state index in [4.69, 9.17) is 0 Å². The Hall–Kier alpha value is -2.34. The van der Waals surface area contributed by atoms with Crippen LogP contribution in [0.25, 0.3) is 10.9 Å². The zero-order chi connectivity index (χ0) is 15.9. The van der Waals surface area contributed by atoms with Crippen molar-refractivity contribution in [3.8, 4) is 0 Å². The first-order valence-corrected chi connectivity index (χ1v) is 8.22. The van der Waals surface area contributed by atoms with Crippen LogP contribution in [-0.2, 0) is 10.0 Å². The monoisotopic (exact) mass is 318 g/mol. The first-order valence-electron chi connectivity index (χ1n) is 6.73. The Labute approximate surface area is 128 Å². The quantitative estimate of drug-likeness (QED) is 0.773. The highest BCUT2D eigenvalue weighted by molar-refractivity contribution is 7.93. The number of hydrogen-bond donors (Lipinski definition) is 2. The molecule has 2 N–H and O–H groups in total. The van der Waals surface area contributed by atoms with Crippen molar-refractivity contribution in [2.75, 3.05) is 4.72 Å². The van der Waals surface area contributed by atoms with Crippen molar-refractivity contribution in [2.24, 2.45) is 0 Å². The number of hydrogen-bond acceptors (Lipinski definition) is 2. The minimum absolute atomic E-state index is 0.0629. The van der Waals surface area contributed by atoms with Gasteiger partial charge >= 0.3 is 0 Å². The van der Waals surface area contributed by atoms with Crippen molar-refractivity contribution >= 4 is 26.6 Å². The lowest BCUT2D eigenvalue weighted by Crippen LogP contribution is -2.13. The van der Waals surface area contributed by atoms with Crippen molar-refractivity contribution in [1.29, 1.82) is 0 Å². The number of H-pyrrole nitrogens is 1. The third-order valence-electron chi connectivity index (χ3n) is 3.46. The topological polar surface area (TPSA) is 62.0 Å². The van der Waals surface area contributed by atoms with Crippen molar-refractivity contribution in [2.45, 2.75) is 18.7 Å². The summed E-state index contributed by atoms with van der Waals surface area (Å²) in [6.45, 7) is 3.66. The highest BCUT2D eigenvalue weighted by atomic mass is 32.2. The number of fused-ring (bicyclic) bond motifs is 1. The molecule has 0 spiro atoms. The van der Waals surface area contributed by atoms with Crippen molar-refractivity contribution in [3.05, 3.63) is 59.5 Å². The van der Waals surface area contributed by atoms with Gasteiger partial charge in [-0.1, -0.05) is 18.2 Å². The number of rotatable bonds is 3. The van der Waals surface area contributed by atoms with Crippen molar-refractivity contribution in [1.82, 2.24) is 4.98 Å². The van der Waals surface area contributed by atoms with E-state index in [1.165, 1.54) is 18.3 Å². The van der Waals surface area contributed by atoms with Crippen molar-refractivity contribution in [3.63, 3.8) is 0 Å². The van der Waals surface area contributed by atoms with Gasteiger partial charge < -0.3 is 4.98 Å². The summed E-state index contributed by atoms with van der Waals surface area (Å²) in [6, 6.07) is 9.79. The van der Waals surface area contributed by atoms with E-state index in [-0.39, 0.29) is 10.6 Å². The summed E-state index contributed by atoms with van der Waals surface area (Å²) in [4.78, 5) is 3.03. The molecule has 0 aliphatic rings. The maximum absolute atomic E-state index is 13.9. The molecule has 0 unspecified atom stereocenters. The average molecular weight is 318 g/mol. The summed E-state index contributed by atoms with van der Waals surface area (Å²) in [5, 5.41) is 0.575. The van der Waals surface area contributed by atoms with E-state index in [0.29, 0.717) is 5.39 Å². The lowest BCUT2D eigenvalue weighted by Gasteiger charge is -2.08. The van der Waals surface area contributed by atoms with E-state index in [1.54, 1.807) is 19.1 Å². The standard InChI is InChI=1S/C16H15FN2O2S/c1-10-4-6-14(13(17)7-10)19-22(20,21)16-9-18-15-8-11(2)3-5-12(15)16/h3-9,18-19H,1-2H3. The van der Waals surface area contributed by atoms with Crippen LogP contribution in [0.4, 0.5) is 10.1 Å². The number of anilines is 1. The first kappa shape index (κ1) is 14.6. The minimum atomic E-state index is -3.87. The molecule has 0 aliphatic carbocycles. The zero-order valence-corrected chi connectivity index (χ0v) is 13.0. The smallest absolute Gasteiger partial charge is 0.264 e. The minimum Gasteiger partial charge on any atom is -0.360 e. The lowest BCUT2D eigenvalue weighted by molar-refractivity contribution is 0.599. The third-order valence-corrected chi connectivity index (χ3v) is 4.86. The normalized spacial score (nSPS) is 11.8. The molecule has 1 aromatic heterocycles.